The van der Waals surface area contributed by atoms with Crippen molar-refractivity contribution in [1.29, 1.82) is 0 Å². The largest absolute Gasteiger partial charge is 0.368 e. The van der Waals surface area contributed by atoms with Crippen molar-refractivity contribution in [3.05, 3.63) is 40.0 Å². The first-order valence-corrected chi connectivity index (χ1v) is 15.1. The number of aryl methyl sites for hydroxylation is 2. The number of nitrogen functional groups attached to an aromatic ring is 1. The Morgan fingerprint density at radius 2 is 1.95 bits per heavy atom. The summed E-state index contributed by atoms with van der Waals surface area (Å²) < 4.78 is 2.39. The Hall–Kier alpha value is -2.95. The van der Waals surface area contributed by atoms with Gasteiger partial charge in [0.2, 0.25) is 17.2 Å². The van der Waals surface area contributed by atoms with Crippen LogP contribution in [0.4, 0.5) is 23.3 Å². The number of piperazine rings is 1. The predicted molar refractivity (Wildman–Crippen MR) is 159 cm³/mol. The number of rotatable bonds is 5. The average molecular weight is 564 g/mol. The second-order valence-corrected chi connectivity index (χ2v) is 12.7. The lowest BCUT2D eigenvalue weighted by molar-refractivity contribution is 0.0901. The van der Waals surface area contributed by atoms with Crippen LogP contribution in [0.3, 0.4) is 0 Å². The quantitative estimate of drug-likeness (QED) is 0.304. The lowest BCUT2D eigenvalue weighted by Gasteiger charge is -2.46. The van der Waals surface area contributed by atoms with E-state index in [0.29, 0.717) is 17.8 Å². The van der Waals surface area contributed by atoms with E-state index in [4.69, 9.17) is 17.3 Å². The van der Waals surface area contributed by atoms with E-state index >= 15 is 0 Å². The number of benzene rings is 1. The molecule has 0 spiro atoms. The smallest absolute Gasteiger partial charge is 0.248 e. The normalized spacial score (nSPS) is 25.2. The van der Waals surface area contributed by atoms with Crippen LogP contribution in [0.5, 0.6) is 0 Å². The Morgan fingerprint density at radius 3 is 2.69 bits per heavy atom. The highest BCUT2D eigenvalue weighted by Crippen LogP contribution is 2.47. The summed E-state index contributed by atoms with van der Waals surface area (Å²) in [7, 11) is 0. The molecule has 2 bridgehead atoms. The molecule has 9 nitrogen and oxygen atoms in total. The zero-order valence-corrected chi connectivity index (χ0v) is 24.1. The van der Waals surface area contributed by atoms with E-state index < -0.39 is 0 Å². The molecule has 3 aliphatic rings. The maximum Gasteiger partial charge on any atom is 0.248 e. The molecule has 3 fully saturated rings. The molecule has 4 atom stereocenters. The van der Waals surface area contributed by atoms with Crippen LogP contribution in [0.15, 0.2) is 23.6 Å². The number of nitrogens with zero attached hydrogens (tertiary/aromatic N) is 7. The molecular formula is C28H34ClN9S. The minimum atomic E-state index is 0.153. The van der Waals surface area contributed by atoms with E-state index in [0.717, 1.165) is 59.0 Å². The lowest BCUT2D eigenvalue weighted by Crippen LogP contribution is -2.56. The summed E-state index contributed by atoms with van der Waals surface area (Å²) in [5.41, 5.74) is 11.5. The molecule has 11 heteroatoms. The van der Waals surface area contributed by atoms with Crippen molar-refractivity contribution in [3.8, 4) is 5.82 Å². The fourth-order valence-electron chi connectivity index (χ4n) is 7.19. The Kier molecular flexibility index (Phi) is 6.17. The third-order valence-corrected chi connectivity index (χ3v) is 10.2. The van der Waals surface area contributed by atoms with Gasteiger partial charge in [-0.25, -0.2) is 4.98 Å². The highest BCUT2D eigenvalue weighted by molar-refractivity contribution is 7.17. The van der Waals surface area contributed by atoms with E-state index in [9.17, 15) is 0 Å². The molecule has 1 saturated heterocycles. The molecule has 1 aromatic carbocycles. The topological polar surface area (TPSA) is 101 Å². The van der Waals surface area contributed by atoms with E-state index in [1.165, 1.54) is 53.0 Å². The first-order valence-electron chi connectivity index (χ1n) is 13.9. The number of nitrogens with one attached hydrogen (secondary N) is 1. The second kappa shape index (κ2) is 9.60. The Balaban J connectivity index is 1.07. The number of nitrogens with two attached hydrogens (primary N) is 1. The Labute approximate surface area is 237 Å². The van der Waals surface area contributed by atoms with Crippen molar-refractivity contribution < 1.29 is 0 Å². The van der Waals surface area contributed by atoms with Crippen LogP contribution >= 0.6 is 22.9 Å². The van der Waals surface area contributed by atoms with Gasteiger partial charge in [-0.3, -0.25) is 4.90 Å². The molecule has 4 aromatic rings. The van der Waals surface area contributed by atoms with Crippen molar-refractivity contribution in [2.45, 2.75) is 58.5 Å². The van der Waals surface area contributed by atoms with Gasteiger partial charge in [0.1, 0.15) is 0 Å². The van der Waals surface area contributed by atoms with Gasteiger partial charge in [0.05, 0.1) is 10.2 Å². The van der Waals surface area contributed by atoms with E-state index in [1.807, 2.05) is 12.3 Å². The van der Waals surface area contributed by atoms with Crippen molar-refractivity contribution in [2.24, 2.45) is 11.8 Å². The molecule has 0 radical (unpaired) electrons. The van der Waals surface area contributed by atoms with Gasteiger partial charge in [0.15, 0.2) is 5.82 Å². The van der Waals surface area contributed by atoms with Gasteiger partial charge in [-0.2, -0.15) is 14.6 Å². The van der Waals surface area contributed by atoms with E-state index in [-0.39, 0.29) is 11.2 Å². The van der Waals surface area contributed by atoms with Crippen molar-refractivity contribution in [3.63, 3.8) is 0 Å². The van der Waals surface area contributed by atoms with Crippen LogP contribution in [-0.2, 0) is 0 Å². The average Bonchev–Trinajstić information content (AvgIpc) is 3.69. The van der Waals surface area contributed by atoms with Gasteiger partial charge < -0.3 is 16.0 Å². The lowest BCUT2D eigenvalue weighted by atomic mass is 9.92. The van der Waals surface area contributed by atoms with E-state index in [1.54, 1.807) is 0 Å². The molecule has 1 aliphatic heterocycles. The summed E-state index contributed by atoms with van der Waals surface area (Å²) in [5, 5.41) is 10.1. The molecule has 204 valence electrons. The summed E-state index contributed by atoms with van der Waals surface area (Å²) >= 11 is 7.75. The van der Waals surface area contributed by atoms with Crippen molar-refractivity contribution >= 4 is 56.4 Å². The molecule has 3 N–H and O–H groups in total. The summed E-state index contributed by atoms with van der Waals surface area (Å²) in [6.45, 7) is 9.88. The number of anilines is 4. The van der Waals surface area contributed by atoms with E-state index in [2.05, 4.69) is 67.2 Å². The molecule has 1 unspecified atom stereocenters. The van der Waals surface area contributed by atoms with Crippen LogP contribution in [-0.4, -0.2) is 61.4 Å². The molecule has 4 heterocycles. The monoisotopic (exact) mass is 563 g/mol. The SMILES string of the molecule is Cc1cc(Nc2nc(N)n(-c3nc(Cl)nc4c(C)csc34)n2)ccc1N1CCN([C@H]2C[C@@H]3CC[C@H]2C3)C(C)C1. The molecule has 2 saturated carbocycles. The summed E-state index contributed by atoms with van der Waals surface area (Å²) in [6.07, 6.45) is 5.80. The van der Waals surface area contributed by atoms with Gasteiger partial charge in [-0.15, -0.1) is 16.4 Å². The van der Waals surface area contributed by atoms with Crippen LogP contribution in [0.25, 0.3) is 16.0 Å². The molecule has 7 rings (SSSR count). The number of thiophene rings is 1. The minimum absolute atomic E-state index is 0.153. The van der Waals surface area contributed by atoms with Crippen LogP contribution < -0.4 is 16.0 Å². The fraction of sp³-hybridized carbons (Fsp3) is 0.500. The van der Waals surface area contributed by atoms with Gasteiger partial charge in [-0.05, 0) is 98.2 Å². The minimum Gasteiger partial charge on any atom is -0.368 e. The zero-order chi connectivity index (χ0) is 26.8. The summed E-state index contributed by atoms with van der Waals surface area (Å²) in [4.78, 5) is 18.6. The first kappa shape index (κ1) is 25.0. The first-order chi connectivity index (χ1) is 18.8. The summed E-state index contributed by atoms with van der Waals surface area (Å²) in [5.74, 6) is 3.10. The maximum absolute atomic E-state index is 6.26. The van der Waals surface area contributed by atoms with Gasteiger partial charge >= 0.3 is 0 Å². The van der Waals surface area contributed by atoms with Gasteiger partial charge in [0, 0.05) is 43.1 Å². The third kappa shape index (κ3) is 4.42. The number of hydrogen-bond donors (Lipinski definition) is 2. The van der Waals surface area contributed by atoms with Crippen molar-refractivity contribution in [1.82, 2.24) is 29.6 Å². The highest BCUT2D eigenvalue weighted by atomic mass is 35.5. The second-order valence-electron chi connectivity index (χ2n) is 11.5. The van der Waals surface area contributed by atoms with Gasteiger partial charge in [-0.1, -0.05) is 6.42 Å². The predicted octanol–water partition coefficient (Wildman–Crippen LogP) is 5.57. The number of aromatic nitrogens is 5. The Bertz CT molecular complexity index is 1550. The van der Waals surface area contributed by atoms with Crippen LogP contribution in [0, 0.1) is 25.7 Å². The number of halogens is 1. The maximum atomic E-state index is 6.26. The summed E-state index contributed by atoms with van der Waals surface area (Å²) in [6, 6.07) is 7.84. The van der Waals surface area contributed by atoms with Gasteiger partial charge in [0.25, 0.3) is 0 Å². The number of fused-ring (bicyclic) bond motifs is 3. The molecule has 0 amide bonds. The molecule has 3 aromatic heterocycles. The van der Waals surface area contributed by atoms with Crippen LogP contribution in [0.1, 0.15) is 43.7 Å². The van der Waals surface area contributed by atoms with Crippen molar-refractivity contribution in [2.75, 3.05) is 35.6 Å². The zero-order valence-electron chi connectivity index (χ0n) is 22.6. The molecular weight excluding hydrogens is 530 g/mol. The molecule has 39 heavy (non-hydrogen) atoms. The third-order valence-electron chi connectivity index (χ3n) is 8.98. The molecule has 2 aliphatic carbocycles. The standard InChI is InChI=1S/C28H34ClN9S/c1-15-10-20(6-7-21(15)36-8-9-37(17(3)13-36)22-12-18-4-5-19(22)11-18)31-28-34-27(30)38(35-28)25-24-23(16(2)14-39-24)32-26(29)33-25/h6-7,10,14,17-19,22H,4-5,8-9,11-13H2,1-3H3,(H3,30,31,34,35)/t17?,18-,19+,22+/m1/s1. The fourth-order valence-corrected chi connectivity index (χ4v) is 8.31. The number of hydrogen-bond acceptors (Lipinski definition) is 9. The Morgan fingerprint density at radius 1 is 1.08 bits per heavy atom. The highest BCUT2D eigenvalue weighted by Gasteiger charge is 2.44. The van der Waals surface area contributed by atoms with Crippen LogP contribution in [0.2, 0.25) is 5.28 Å².